The number of anilines is 1. The van der Waals surface area contributed by atoms with Crippen LogP contribution in [0.2, 0.25) is 0 Å². The fourth-order valence-corrected chi connectivity index (χ4v) is 6.26. The van der Waals surface area contributed by atoms with Crippen LogP contribution in [-0.2, 0) is 14.8 Å². The first-order valence-corrected chi connectivity index (χ1v) is 14.6. The number of nitrogen functional groups attached to an aromatic ring is 1. The molecule has 0 spiro atoms. The van der Waals surface area contributed by atoms with Gasteiger partial charge in [-0.2, -0.15) is 0 Å². The summed E-state index contributed by atoms with van der Waals surface area (Å²) in [6, 6.07) is 11.0. The van der Waals surface area contributed by atoms with Gasteiger partial charge in [-0.25, -0.2) is 8.42 Å². The maximum Gasteiger partial charge on any atom is 0.323 e. The molecule has 0 aliphatic carbocycles. The van der Waals surface area contributed by atoms with Gasteiger partial charge in [0.15, 0.2) is 5.25 Å². The van der Waals surface area contributed by atoms with Crippen LogP contribution in [0, 0.1) is 10.8 Å². The van der Waals surface area contributed by atoms with E-state index in [1.54, 1.807) is 43.3 Å². The van der Waals surface area contributed by atoms with Crippen molar-refractivity contribution in [2.45, 2.75) is 44.5 Å². The molecular formula is C28H36N6O6S. The molecule has 1 heterocycles. The minimum Gasteiger partial charge on any atom is -0.489 e. The molecule has 3 rings (SSSR count). The summed E-state index contributed by atoms with van der Waals surface area (Å²) in [6.45, 7) is 4.21. The molecule has 1 amide bonds. The van der Waals surface area contributed by atoms with Crippen LogP contribution in [-0.4, -0.2) is 73.0 Å². The predicted octanol–water partition coefficient (Wildman–Crippen LogP) is 2.62. The lowest BCUT2D eigenvalue weighted by Gasteiger charge is -2.33. The fraction of sp³-hybridized carbons (Fsp3) is 0.357. The molecule has 41 heavy (non-hydrogen) atoms. The van der Waals surface area contributed by atoms with Gasteiger partial charge in [0, 0.05) is 31.5 Å². The summed E-state index contributed by atoms with van der Waals surface area (Å²) < 4.78 is 34.1. The van der Waals surface area contributed by atoms with E-state index in [-0.39, 0.29) is 41.9 Å². The monoisotopic (exact) mass is 584 g/mol. The van der Waals surface area contributed by atoms with Gasteiger partial charge in [0.1, 0.15) is 17.7 Å². The Bertz CT molecular complexity index is 1450. The van der Waals surface area contributed by atoms with Crippen LogP contribution in [0.4, 0.5) is 5.69 Å². The van der Waals surface area contributed by atoms with Crippen molar-refractivity contribution in [3.05, 3.63) is 65.2 Å². The highest BCUT2D eigenvalue weighted by Crippen LogP contribution is 2.30. The van der Waals surface area contributed by atoms with Crippen molar-refractivity contribution in [1.29, 1.82) is 10.8 Å². The van der Waals surface area contributed by atoms with Crippen molar-refractivity contribution >= 4 is 45.3 Å². The number of carboxylic acids is 1. The normalized spacial score (nSPS) is 14.9. The molecule has 1 aliphatic heterocycles. The molecule has 0 saturated carbocycles. The van der Waals surface area contributed by atoms with E-state index >= 15 is 0 Å². The highest BCUT2D eigenvalue weighted by atomic mass is 32.2. The molecule has 0 aromatic heterocycles. The first kappa shape index (κ1) is 31.1. The molecule has 1 unspecified atom stereocenters. The van der Waals surface area contributed by atoms with Gasteiger partial charge in [0.2, 0.25) is 10.0 Å². The number of carbonyl (C=O) groups is 2. The third-order valence-corrected chi connectivity index (χ3v) is 9.05. The summed E-state index contributed by atoms with van der Waals surface area (Å²) in [6.07, 6.45) is 4.03. The number of nitrogens with one attached hydrogen (secondary N) is 2. The molecule has 0 bridgehead atoms. The molecule has 13 heteroatoms. The van der Waals surface area contributed by atoms with Gasteiger partial charge in [0.05, 0.1) is 23.6 Å². The minimum atomic E-state index is -4.43. The van der Waals surface area contributed by atoms with Gasteiger partial charge < -0.3 is 26.2 Å². The van der Waals surface area contributed by atoms with Gasteiger partial charge >= 0.3 is 5.97 Å². The van der Waals surface area contributed by atoms with Crippen LogP contribution >= 0.6 is 0 Å². The Morgan fingerprint density at radius 2 is 1.85 bits per heavy atom. The molecular weight excluding hydrogens is 548 g/mol. The Balaban J connectivity index is 1.96. The summed E-state index contributed by atoms with van der Waals surface area (Å²) in [5, 5.41) is 23.3. The third-order valence-electron chi connectivity index (χ3n) is 6.82. The molecule has 1 fully saturated rings. The summed E-state index contributed by atoms with van der Waals surface area (Å²) >= 11 is 0. The number of rotatable bonds is 12. The van der Waals surface area contributed by atoms with E-state index in [1.165, 1.54) is 25.1 Å². The van der Waals surface area contributed by atoms with Gasteiger partial charge in [-0.3, -0.25) is 24.7 Å². The summed E-state index contributed by atoms with van der Waals surface area (Å²) in [5.41, 5.74) is 12.4. The van der Waals surface area contributed by atoms with Gasteiger partial charge in [-0.15, -0.1) is 0 Å². The molecule has 7 N–H and O–H groups in total. The Labute approximate surface area is 239 Å². The van der Waals surface area contributed by atoms with Crippen LogP contribution in [0.3, 0.4) is 0 Å². The van der Waals surface area contributed by atoms with Crippen LogP contribution in [0.1, 0.15) is 54.6 Å². The topological polar surface area (TPSA) is 204 Å². The minimum absolute atomic E-state index is 0.0325. The average molecular weight is 585 g/mol. The summed E-state index contributed by atoms with van der Waals surface area (Å²) in [7, 11) is -4.43. The number of benzene rings is 2. The SMILES string of the molecule is CCC(C(=O)O)S(=O)(=O)N(C/C=C/c1cccc(C(=N)N)c1)c1ccc(OC2CCN(C(C)=N)CC2)c(C(N)=O)c1. The number of nitrogens with two attached hydrogens (primary N) is 2. The molecule has 1 atom stereocenters. The highest BCUT2D eigenvalue weighted by Gasteiger charge is 2.36. The largest absolute Gasteiger partial charge is 0.489 e. The van der Waals surface area contributed by atoms with Gasteiger partial charge in [-0.1, -0.05) is 37.3 Å². The molecule has 2 aromatic carbocycles. The van der Waals surface area contributed by atoms with E-state index in [9.17, 15) is 23.1 Å². The lowest BCUT2D eigenvalue weighted by Crippen LogP contribution is -2.43. The van der Waals surface area contributed by atoms with Crippen molar-refractivity contribution in [3.8, 4) is 5.75 Å². The number of carbonyl (C=O) groups excluding carboxylic acids is 1. The van der Waals surface area contributed by atoms with Gasteiger partial charge in [-0.05, 0) is 43.2 Å². The quantitative estimate of drug-likeness (QED) is 0.185. The standard InChI is InChI=1S/C28H36N6O6S/c1-3-25(28(36)37)41(38,39)34(13-5-7-19-6-4-8-20(16-19)26(30)31)21-9-10-24(23(17-21)27(32)35)40-22-11-14-33(15-12-22)18(2)29/h4-10,16-17,22,25,29H,3,11-15H2,1-2H3,(H3,30,31)(H2,32,35)(H,36,37)/b7-5+,29-18?. The highest BCUT2D eigenvalue weighted by molar-refractivity contribution is 7.94. The second-order valence-electron chi connectivity index (χ2n) is 9.69. The number of hydrogen-bond donors (Lipinski definition) is 5. The molecule has 0 radical (unpaired) electrons. The predicted molar refractivity (Wildman–Crippen MR) is 158 cm³/mol. The number of carboxylic acid groups (broad SMARTS) is 1. The number of primary amides is 1. The number of amides is 1. The molecule has 1 aliphatic rings. The van der Waals surface area contributed by atoms with Gasteiger partial charge in [0.25, 0.3) is 5.91 Å². The smallest absolute Gasteiger partial charge is 0.323 e. The number of sulfonamides is 1. The van der Waals surface area contributed by atoms with Crippen molar-refractivity contribution in [3.63, 3.8) is 0 Å². The lowest BCUT2D eigenvalue weighted by molar-refractivity contribution is -0.136. The fourth-order valence-electron chi connectivity index (χ4n) is 4.57. The first-order chi connectivity index (χ1) is 19.3. The van der Waals surface area contributed by atoms with Crippen LogP contribution in [0.25, 0.3) is 6.08 Å². The Morgan fingerprint density at radius 3 is 2.41 bits per heavy atom. The average Bonchev–Trinajstić information content (AvgIpc) is 2.91. The van der Waals surface area contributed by atoms with Crippen molar-refractivity contribution in [1.82, 2.24) is 4.90 Å². The third kappa shape index (κ3) is 7.63. The lowest BCUT2D eigenvalue weighted by atomic mass is 10.1. The van der Waals surface area contributed by atoms with Crippen LogP contribution in [0.15, 0.2) is 48.5 Å². The van der Waals surface area contributed by atoms with E-state index in [0.717, 1.165) is 4.31 Å². The number of hydrogen-bond acceptors (Lipinski definition) is 7. The zero-order valence-corrected chi connectivity index (χ0v) is 23.9. The van der Waals surface area contributed by atoms with E-state index in [0.29, 0.717) is 42.9 Å². The van der Waals surface area contributed by atoms with E-state index in [2.05, 4.69) is 0 Å². The Hall–Kier alpha value is -4.39. The number of aliphatic carboxylic acids is 1. The molecule has 2 aromatic rings. The van der Waals surface area contributed by atoms with E-state index in [1.807, 2.05) is 4.90 Å². The zero-order valence-electron chi connectivity index (χ0n) is 23.0. The first-order valence-electron chi connectivity index (χ1n) is 13.1. The molecule has 1 saturated heterocycles. The van der Waals surface area contributed by atoms with Crippen molar-refractivity contribution in [2.75, 3.05) is 23.9 Å². The second-order valence-corrected chi connectivity index (χ2v) is 11.7. The number of piperidine rings is 1. The molecule has 12 nitrogen and oxygen atoms in total. The summed E-state index contributed by atoms with van der Waals surface area (Å²) in [4.78, 5) is 26.2. The number of ether oxygens (including phenoxy) is 1. The maximum atomic E-state index is 13.6. The van der Waals surface area contributed by atoms with Crippen molar-refractivity contribution in [2.24, 2.45) is 11.5 Å². The number of nitrogens with zero attached hydrogens (tertiary/aromatic N) is 2. The maximum absolute atomic E-state index is 13.6. The summed E-state index contributed by atoms with van der Waals surface area (Å²) in [5.74, 6) is -1.76. The van der Waals surface area contributed by atoms with E-state index in [4.69, 9.17) is 27.0 Å². The second kappa shape index (κ2) is 13.3. The van der Waals surface area contributed by atoms with Crippen LogP contribution < -0.4 is 20.5 Å². The number of likely N-dealkylation sites (tertiary alicyclic amines) is 1. The Morgan fingerprint density at radius 1 is 1.17 bits per heavy atom. The number of amidine groups is 2. The van der Waals surface area contributed by atoms with Crippen LogP contribution in [0.5, 0.6) is 5.75 Å². The molecule has 220 valence electrons. The van der Waals surface area contributed by atoms with Crippen molar-refractivity contribution < 1.29 is 27.9 Å². The van der Waals surface area contributed by atoms with E-state index < -0.39 is 27.1 Å². The Kier molecular flexibility index (Phi) is 10.1. The zero-order chi connectivity index (χ0) is 30.3.